The van der Waals surface area contributed by atoms with E-state index in [0.717, 1.165) is 12.0 Å². The molecule has 2 aromatic rings. The van der Waals surface area contributed by atoms with Crippen molar-refractivity contribution >= 4 is 29.1 Å². The molecule has 0 bridgehead atoms. The van der Waals surface area contributed by atoms with Gasteiger partial charge in [0.25, 0.3) is 5.91 Å². The number of halogens is 1. The van der Waals surface area contributed by atoms with E-state index in [9.17, 15) is 9.59 Å². The summed E-state index contributed by atoms with van der Waals surface area (Å²) in [4.78, 5) is 25.1. The van der Waals surface area contributed by atoms with Gasteiger partial charge in [0.15, 0.2) is 0 Å². The Morgan fingerprint density at radius 3 is 2.38 bits per heavy atom. The van der Waals surface area contributed by atoms with E-state index in [4.69, 9.17) is 11.6 Å². The Kier molecular flexibility index (Phi) is 5.05. The van der Waals surface area contributed by atoms with Crippen LogP contribution in [0.3, 0.4) is 0 Å². The van der Waals surface area contributed by atoms with Gasteiger partial charge in [-0.2, -0.15) is 0 Å². The molecule has 2 N–H and O–H groups in total. The maximum Gasteiger partial charge on any atom is 0.253 e. The molecule has 5 heteroatoms. The smallest absolute Gasteiger partial charge is 0.253 e. The molecule has 1 aliphatic rings. The lowest BCUT2D eigenvalue weighted by Crippen LogP contribution is -2.40. The molecule has 1 fully saturated rings. The molecule has 3 rings (SSSR count). The first-order chi connectivity index (χ1) is 12.3. The number of anilines is 1. The third kappa shape index (κ3) is 4.25. The highest BCUT2D eigenvalue weighted by atomic mass is 35.5. The molecule has 2 unspecified atom stereocenters. The maximum atomic E-state index is 12.6. The van der Waals surface area contributed by atoms with Crippen LogP contribution < -0.4 is 10.6 Å². The number of benzene rings is 2. The van der Waals surface area contributed by atoms with E-state index in [0.29, 0.717) is 16.3 Å². The van der Waals surface area contributed by atoms with Crippen molar-refractivity contribution in [3.63, 3.8) is 0 Å². The predicted molar refractivity (Wildman–Crippen MR) is 105 cm³/mol. The van der Waals surface area contributed by atoms with Gasteiger partial charge in [-0.15, -0.1) is 0 Å². The highest BCUT2D eigenvalue weighted by Gasteiger charge is 2.45. The third-order valence-corrected chi connectivity index (χ3v) is 4.69. The topological polar surface area (TPSA) is 58.2 Å². The molecule has 1 aliphatic carbocycles. The van der Waals surface area contributed by atoms with E-state index in [1.54, 1.807) is 18.2 Å². The first-order valence-electron chi connectivity index (χ1n) is 8.73. The Hall–Kier alpha value is -2.33. The van der Waals surface area contributed by atoms with Crippen molar-refractivity contribution in [2.45, 2.75) is 38.6 Å². The summed E-state index contributed by atoms with van der Waals surface area (Å²) in [5.74, 6) is -0.259. The van der Waals surface area contributed by atoms with E-state index in [1.165, 1.54) is 0 Å². The lowest BCUT2D eigenvalue weighted by atomic mass is 10.1. The zero-order valence-electron chi connectivity index (χ0n) is 15.2. The van der Waals surface area contributed by atoms with E-state index in [-0.39, 0.29) is 29.2 Å². The summed E-state index contributed by atoms with van der Waals surface area (Å²) in [6.07, 6.45) is 0.770. The van der Waals surface area contributed by atoms with Crippen LogP contribution in [0.4, 0.5) is 5.69 Å². The third-order valence-electron chi connectivity index (χ3n) is 4.35. The van der Waals surface area contributed by atoms with Gasteiger partial charge < -0.3 is 10.6 Å². The molecular formula is C21H23ClN2O2. The van der Waals surface area contributed by atoms with Gasteiger partial charge in [0.1, 0.15) is 0 Å². The van der Waals surface area contributed by atoms with Crippen LogP contribution in [0.5, 0.6) is 0 Å². The van der Waals surface area contributed by atoms with Crippen LogP contribution in [0, 0.1) is 5.92 Å². The molecule has 0 spiro atoms. The molecule has 26 heavy (non-hydrogen) atoms. The zero-order chi connectivity index (χ0) is 18.9. The lowest BCUT2D eigenvalue weighted by molar-refractivity contribution is -0.117. The number of hydrogen-bond donors (Lipinski definition) is 2. The first-order valence-corrected chi connectivity index (χ1v) is 9.11. The van der Waals surface area contributed by atoms with Gasteiger partial charge in [-0.05, 0) is 56.9 Å². The average Bonchev–Trinajstić information content (AvgIpc) is 3.34. The molecule has 0 saturated heterocycles. The Morgan fingerprint density at radius 2 is 1.69 bits per heavy atom. The van der Waals surface area contributed by atoms with Gasteiger partial charge in [0, 0.05) is 16.5 Å². The molecular weight excluding hydrogens is 348 g/mol. The van der Waals surface area contributed by atoms with Crippen molar-refractivity contribution in [3.8, 4) is 0 Å². The number of amides is 2. The van der Waals surface area contributed by atoms with E-state index in [2.05, 4.69) is 10.6 Å². The Labute approximate surface area is 158 Å². The van der Waals surface area contributed by atoms with Crippen LogP contribution in [0.2, 0.25) is 5.02 Å². The highest BCUT2D eigenvalue weighted by Crippen LogP contribution is 2.50. The maximum absolute atomic E-state index is 12.6. The molecule has 0 radical (unpaired) electrons. The van der Waals surface area contributed by atoms with Crippen molar-refractivity contribution in [1.82, 2.24) is 5.32 Å². The summed E-state index contributed by atoms with van der Waals surface area (Å²) in [6, 6.07) is 14.7. The first kappa shape index (κ1) is 18.5. The Balaban J connectivity index is 1.71. The van der Waals surface area contributed by atoms with Gasteiger partial charge in [-0.25, -0.2) is 0 Å². The minimum absolute atomic E-state index is 0.0778. The summed E-state index contributed by atoms with van der Waals surface area (Å²) < 4.78 is 0. The molecule has 2 aromatic carbocycles. The summed E-state index contributed by atoms with van der Waals surface area (Å²) in [5, 5.41) is 6.54. The quantitative estimate of drug-likeness (QED) is 0.825. The normalized spacial score (nSPS) is 18.9. The molecule has 2 amide bonds. The van der Waals surface area contributed by atoms with Gasteiger partial charge >= 0.3 is 0 Å². The Morgan fingerprint density at radius 1 is 1.04 bits per heavy atom. The zero-order valence-corrected chi connectivity index (χ0v) is 15.9. The van der Waals surface area contributed by atoms with Crippen molar-refractivity contribution < 1.29 is 9.59 Å². The minimum Gasteiger partial charge on any atom is -0.347 e. The van der Waals surface area contributed by atoms with Gasteiger partial charge in [0.05, 0.1) is 11.3 Å². The Bertz CT molecular complexity index is 842. The number of carbonyl (C=O) groups is 2. The van der Waals surface area contributed by atoms with E-state index in [1.807, 2.05) is 51.1 Å². The number of nitrogens with one attached hydrogen (secondary N) is 2. The number of rotatable bonds is 4. The van der Waals surface area contributed by atoms with Crippen molar-refractivity contribution in [2.24, 2.45) is 5.92 Å². The molecule has 0 aliphatic heterocycles. The lowest BCUT2D eigenvalue weighted by Gasteiger charge is -2.21. The number of hydrogen-bond acceptors (Lipinski definition) is 2. The minimum atomic E-state index is -0.347. The molecule has 136 valence electrons. The second-order valence-corrected chi connectivity index (χ2v) is 8.12. The van der Waals surface area contributed by atoms with Crippen LogP contribution in [0.15, 0.2) is 48.5 Å². The van der Waals surface area contributed by atoms with E-state index < -0.39 is 0 Å². The molecule has 4 nitrogen and oxygen atoms in total. The van der Waals surface area contributed by atoms with Crippen LogP contribution in [0.1, 0.15) is 49.0 Å². The summed E-state index contributed by atoms with van der Waals surface area (Å²) in [6.45, 7) is 5.76. The van der Waals surface area contributed by atoms with Gasteiger partial charge in [-0.3, -0.25) is 9.59 Å². The molecule has 0 heterocycles. The fourth-order valence-electron chi connectivity index (χ4n) is 3.03. The van der Waals surface area contributed by atoms with Crippen LogP contribution >= 0.6 is 11.6 Å². The average molecular weight is 371 g/mol. The van der Waals surface area contributed by atoms with Crippen LogP contribution in [-0.2, 0) is 4.79 Å². The molecule has 0 aromatic heterocycles. The van der Waals surface area contributed by atoms with Crippen molar-refractivity contribution in [3.05, 3.63) is 64.7 Å². The SMILES string of the molecule is CC(C)(C)NC(=O)c1ccccc1NC(=O)C1CC1c1ccccc1Cl. The van der Waals surface area contributed by atoms with Gasteiger partial charge in [0.2, 0.25) is 5.91 Å². The number of para-hydroxylation sites is 1. The van der Waals surface area contributed by atoms with Crippen molar-refractivity contribution in [1.29, 1.82) is 0 Å². The van der Waals surface area contributed by atoms with E-state index >= 15 is 0 Å². The number of carbonyl (C=O) groups excluding carboxylic acids is 2. The standard InChI is InChI=1S/C21H23ClN2O2/c1-21(2,3)24-20(26)14-9-5-7-11-18(14)23-19(25)16-12-15(16)13-8-4-6-10-17(13)22/h4-11,15-16H,12H2,1-3H3,(H,23,25)(H,24,26). The largest absolute Gasteiger partial charge is 0.347 e. The van der Waals surface area contributed by atoms with Crippen LogP contribution in [0.25, 0.3) is 0 Å². The second kappa shape index (κ2) is 7.12. The second-order valence-electron chi connectivity index (χ2n) is 7.71. The molecule has 1 saturated carbocycles. The highest BCUT2D eigenvalue weighted by molar-refractivity contribution is 6.31. The fraction of sp³-hybridized carbons (Fsp3) is 0.333. The molecule has 2 atom stereocenters. The van der Waals surface area contributed by atoms with Crippen LogP contribution in [-0.4, -0.2) is 17.4 Å². The summed E-state index contributed by atoms with van der Waals surface area (Å²) >= 11 is 6.23. The fourth-order valence-corrected chi connectivity index (χ4v) is 3.30. The predicted octanol–water partition coefficient (Wildman–Crippen LogP) is 4.61. The summed E-state index contributed by atoms with van der Waals surface area (Å²) in [7, 11) is 0. The summed E-state index contributed by atoms with van der Waals surface area (Å²) in [5.41, 5.74) is 1.66. The van der Waals surface area contributed by atoms with Gasteiger partial charge in [-0.1, -0.05) is 41.9 Å². The monoisotopic (exact) mass is 370 g/mol. The van der Waals surface area contributed by atoms with Crippen molar-refractivity contribution in [2.75, 3.05) is 5.32 Å².